The van der Waals surface area contributed by atoms with Gasteiger partial charge in [-0.1, -0.05) is 6.07 Å². The van der Waals surface area contributed by atoms with Crippen molar-refractivity contribution < 1.29 is 23.6 Å². The quantitative estimate of drug-likeness (QED) is 0.204. The molecule has 1 aromatic rings. The molecule has 1 aromatic carbocycles. The van der Waals surface area contributed by atoms with Gasteiger partial charge in [0.1, 0.15) is 6.23 Å². The van der Waals surface area contributed by atoms with Crippen molar-refractivity contribution >= 4 is 15.7 Å². The van der Waals surface area contributed by atoms with E-state index in [0.29, 0.717) is 0 Å². The number of sulfonamides is 1. The molecule has 9 nitrogen and oxygen atoms in total. The summed E-state index contributed by atoms with van der Waals surface area (Å²) >= 11 is 0. The summed E-state index contributed by atoms with van der Waals surface area (Å²) in [5.74, 6) is 0. The fraction of sp³-hybridized carbons (Fsp3) is 0.400. The second-order valence-electron chi connectivity index (χ2n) is 3.80. The van der Waals surface area contributed by atoms with Gasteiger partial charge in [-0.3, -0.25) is 15.4 Å². The van der Waals surface area contributed by atoms with Crippen LogP contribution < -0.4 is 10.0 Å². The Morgan fingerprint density at radius 1 is 1.35 bits per heavy atom. The first kappa shape index (κ1) is 16.5. The smallest absolute Gasteiger partial charge is 0.270 e. The van der Waals surface area contributed by atoms with Gasteiger partial charge >= 0.3 is 0 Å². The molecule has 0 spiro atoms. The fourth-order valence-electron chi connectivity index (χ4n) is 1.34. The number of aliphatic hydroxyl groups is 2. The van der Waals surface area contributed by atoms with Crippen LogP contribution in [0.2, 0.25) is 0 Å². The van der Waals surface area contributed by atoms with E-state index in [0.717, 1.165) is 6.07 Å². The number of nitro groups is 1. The van der Waals surface area contributed by atoms with Crippen LogP contribution in [0.15, 0.2) is 29.2 Å². The summed E-state index contributed by atoms with van der Waals surface area (Å²) in [6, 6.07) is 4.67. The number of benzene rings is 1. The fourth-order valence-corrected chi connectivity index (χ4v) is 2.41. The van der Waals surface area contributed by atoms with Gasteiger partial charge in [-0.05, 0) is 6.07 Å². The van der Waals surface area contributed by atoms with E-state index in [9.17, 15) is 18.5 Å². The zero-order valence-electron chi connectivity index (χ0n) is 10.4. The molecule has 0 amide bonds. The molecule has 0 unspecified atom stereocenters. The first-order chi connectivity index (χ1) is 9.36. The van der Waals surface area contributed by atoms with Gasteiger partial charge in [0, 0.05) is 25.2 Å². The predicted molar refractivity (Wildman–Crippen MR) is 69.4 cm³/mol. The van der Waals surface area contributed by atoms with Crippen molar-refractivity contribution in [1.82, 2.24) is 10.0 Å². The standard InChI is InChI=1S/C10H15N3O6S/c14-7-10(15)11-4-5-12-20(18,19)9-3-1-2-8(6-9)13(16)17/h1-3,6,10-12,14-15H,4-5,7H2/t10-/m1/s1. The third-order valence-corrected chi connectivity index (χ3v) is 3.77. The average molecular weight is 305 g/mol. The third-order valence-electron chi connectivity index (χ3n) is 2.31. The largest absolute Gasteiger partial charge is 0.392 e. The Bertz CT molecular complexity index is 562. The summed E-state index contributed by atoms with van der Waals surface area (Å²) in [4.78, 5) is 9.68. The second kappa shape index (κ2) is 7.26. The molecule has 1 atom stereocenters. The third kappa shape index (κ3) is 4.83. The lowest BCUT2D eigenvalue weighted by molar-refractivity contribution is -0.385. The number of nitrogens with zero attached hydrogens (tertiary/aromatic N) is 1. The molecule has 0 heterocycles. The van der Waals surface area contributed by atoms with Crippen LogP contribution in [-0.2, 0) is 10.0 Å². The number of rotatable bonds is 8. The Hall–Kier alpha value is -1.59. The minimum absolute atomic E-state index is 0.0396. The van der Waals surface area contributed by atoms with Crippen molar-refractivity contribution in [3.05, 3.63) is 34.4 Å². The number of hydrogen-bond acceptors (Lipinski definition) is 7. The molecule has 0 aliphatic rings. The Kier molecular flexibility index (Phi) is 5.98. The van der Waals surface area contributed by atoms with E-state index in [1.54, 1.807) is 0 Å². The Morgan fingerprint density at radius 3 is 2.65 bits per heavy atom. The Morgan fingerprint density at radius 2 is 2.05 bits per heavy atom. The molecule has 0 saturated carbocycles. The molecule has 0 aromatic heterocycles. The summed E-state index contributed by atoms with van der Waals surface area (Å²) < 4.78 is 25.9. The predicted octanol–water partition coefficient (Wildman–Crippen LogP) is -1.23. The van der Waals surface area contributed by atoms with Crippen LogP contribution in [0, 0.1) is 10.1 Å². The van der Waals surface area contributed by atoms with E-state index in [-0.39, 0.29) is 23.7 Å². The van der Waals surface area contributed by atoms with Crippen molar-refractivity contribution in [2.75, 3.05) is 19.7 Å². The first-order valence-electron chi connectivity index (χ1n) is 5.63. The van der Waals surface area contributed by atoms with E-state index < -0.39 is 27.8 Å². The minimum Gasteiger partial charge on any atom is -0.392 e. The summed E-state index contributed by atoms with van der Waals surface area (Å²) in [5, 5.41) is 30.6. The van der Waals surface area contributed by atoms with Gasteiger partial charge in [-0.25, -0.2) is 13.1 Å². The van der Waals surface area contributed by atoms with E-state index in [2.05, 4.69) is 10.0 Å². The molecular formula is C10H15N3O6S. The van der Waals surface area contributed by atoms with Crippen LogP contribution in [0.1, 0.15) is 0 Å². The number of nitrogens with one attached hydrogen (secondary N) is 2. The topological polar surface area (TPSA) is 142 Å². The van der Waals surface area contributed by atoms with Gasteiger partial charge in [0.15, 0.2) is 0 Å². The lowest BCUT2D eigenvalue weighted by Crippen LogP contribution is -2.38. The monoisotopic (exact) mass is 305 g/mol. The van der Waals surface area contributed by atoms with Crippen LogP contribution in [0.4, 0.5) is 5.69 Å². The summed E-state index contributed by atoms with van der Waals surface area (Å²) in [5.41, 5.74) is -0.318. The SMILES string of the molecule is O=[N+]([O-])c1cccc(S(=O)(=O)NCCN[C@H](O)CO)c1. The van der Waals surface area contributed by atoms with Crippen LogP contribution in [0.25, 0.3) is 0 Å². The van der Waals surface area contributed by atoms with Gasteiger partial charge in [0.25, 0.3) is 5.69 Å². The van der Waals surface area contributed by atoms with Crippen molar-refractivity contribution in [2.24, 2.45) is 0 Å². The number of hydrogen-bond donors (Lipinski definition) is 4. The zero-order chi connectivity index (χ0) is 15.2. The number of nitro benzene ring substituents is 1. The Labute approximate surface area is 115 Å². The maximum Gasteiger partial charge on any atom is 0.270 e. The highest BCUT2D eigenvalue weighted by atomic mass is 32.2. The molecular weight excluding hydrogens is 290 g/mol. The molecule has 0 radical (unpaired) electrons. The van der Waals surface area contributed by atoms with Gasteiger partial charge in [-0.2, -0.15) is 0 Å². The molecule has 0 bridgehead atoms. The van der Waals surface area contributed by atoms with Crippen molar-refractivity contribution in [3.8, 4) is 0 Å². The summed E-state index contributed by atoms with van der Waals surface area (Å²) in [6.07, 6.45) is -1.13. The molecule has 1 rings (SSSR count). The van der Waals surface area contributed by atoms with E-state index in [1.807, 2.05) is 0 Å². The number of non-ortho nitro benzene ring substituents is 1. The first-order valence-corrected chi connectivity index (χ1v) is 7.11. The zero-order valence-corrected chi connectivity index (χ0v) is 11.2. The lowest BCUT2D eigenvalue weighted by atomic mass is 10.3. The maximum absolute atomic E-state index is 11.8. The van der Waals surface area contributed by atoms with E-state index >= 15 is 0 Å². The van der Waals surface area contributed by atoms with Crippen LogP contribution in [0.3, 0.4) is 0 Å². The molecule has 10 heteroatoms. The highest BCUT2D eigenvalue weighted by Crippen LogP contribution is 2.16. The molecule has 0 aliphatic heterocycles. The highest BCUT2D eigenvalue weighted by molar-refractivity contribution is 7.89. The summed E-state index contributed by atoms with van der Waals surface area (Å²) in [6.45, 7) is -0.435. The number of aliphatic hydroxyl groups excluding tert-OH is 2. The van der Waals surface area contributed by atoms with Gasteiger partial charge in [0.05, 0.1) is 16.4 Å². The average Bonchev–Trinajstić information content (AvgIpc) is 2.43. The molecule has 112 valence electrons. The molecule has 20 heavy (non-hydrogen) atoms. The minimum atomic E-state index is -3.86. The normalized spacial score (nSPS) is 13.1. The molecule has 0 saturated heterocycles. The molecule has 4 N–H and O–H groups in total. The van der Waals surface area contributed by atoms with Gasteiger partial charge in [-0.15, -0.1) is 0 Å². The van der Waals surface area contributed by atoms with Gasteiger partial charge in [0.2, 0.25) is 10.0 Å². The van der Waals surface area contributed by atoms with Crippen molar-refractivity contribution in [2.45, 2.75) is 11.1 Å². The summed E-state index contributed by atoms with van der Waals surface area (Å²) in [7, 11) is -3.86. The van der Waals surface area contributed by atoms with Crippen molar-refractivity contribution in [3.63, 3.8) is 0 Å². The van der Waals surface area contributed by atoms with Crippen LogP contribution >= 0.6 is 0 Å². The van der Waals surface area contributed by atoms with Gasteiger partial charge < -0.3 is 10.2 Å². The Balaban J connectivity index is 2.65. The maximum atomic E-state index is 11.8. The molecule has 0 fully saturated rings. The highest BCUT2D eigenvalue weighted by Gasteiger charge is 2.17. The lowest BCUT2D eigenvalue weighted by Gasteiger charge is -2.10. The van der Waals surface area contributed by atoms with Crippen molar-refractivity contribution in [1.29, 1.82) is 0 Å². The van der Waals surface area contributed by atoms with Crippen LogP contribution in [0.5, 0.6) is 0 Å². The van der Waals surface area contributed by atoms with Crippen LogP contribution in [-0.4, -0.2) is 49.5 Å². The van der Waals surface area contributed by atoms with E-state index in [4.69, 9.17) is 10.2 Å². The van der Waals surface area contributed by atoms with E-state index in [1.165, 1.54) is 18.2 Å². The second-order valence-corrected chi connectivity index (χ2v) is 5.57. The molecule has 0 aliphatic carbocycles.